The summed E-state index contributed by atoms with van der Waals surface area (Å²) in [5, 5.41) is 0. The van der Waals surface area contributed by atoms with Crippen LogP contribution in [0, 0.1) is 0 Å². The molecule has 2 rings (SSSR count). The van der Waals surface area contributed by atoms with Gasteiger partial charge in [-0.1, -0.05) is 38.5 Å². The van der Waals surface area contributed by atoms with Gasteiger partial charge in [-0.3, -0.25) is 4.89 Å². The molecular weight excluding hydrogens is 139 g/mol. The average molecular weight is 155 g/mol. The third-order valence-electron chi connectivity index (χ3n) is 1.96. The molecule has 0 amide bonds. The predicted octanol–water partition coefficient (Wildman–Crippen LogP) is 2.33. The first-order valence-corrected chi connectivity index (χ1v) is 4.60. The van der Waals surface area contributed by atoms with E-state index in [-0.39, 0.29) is 0 Å². The van der Waals surface area contributed by atoms with Crippen LogP contribution in [0.4, 0.5) is 0 Å². The molecule has 0 atom stereocenters. The van der Waals surface area contributed by atoms with E-state index in [9.17, 15) is 0 Å². The number of hydrogen-bond acceptors (Lipinski definition) is 2. The van der Waals surface area contributed by atoms with Gasteiger partial charge in [0.25, 0.3) is 0 Å². The van der Waals surface area contributed by atoms with Gasteiger partial charge in [-0.25, -0.2) is 0 Å². The predicted molar refractivity (Wildman–Crippen MR) is 45.3 cm³/mol. The lowest BCUT2D eigenvalue weighted by Crippen LogP contribution is -1.85. The normalized spacial score (nSPS) is 23.3. The summed E-state index contributed by atoms with van der Waals surface area (Å²) in [5.74, 6) is 0. The van der Waals surface area contributed by atoms with Gasteiger partial charge in [0.2, 0.25) is 0 Å². The summed E-state index contributed by atoms with van der Waals surface area (Å²) in [6, 6.07) is 0. The molecule has 3 heteroatoms. The van der Waals surface area contributed by atoms with E-state index in [0.717, 1.165) is 12.9 Å². The first kappa shape index (κ1) is 9.08. The molecule has 2 fully saturated rings. The van der Waals surface area contributed by atoms with E-state index < -0.39 is 0 Å². The number of hydrogen-bond donors (Lipinski definition) is 0. The van der Waals surface area contributed by atoms with Crippen LogP contribution in [-0.4, -0.2) is 14.1 Å². The molecule has 63 valence electrons. The van der Waals surface area contributed by atoms with E-state index in [4.69, 9.17) is 0 Å². The maximum absolute atomic E-state index is 4.39. The molecule has 1 saturated heterocycles. The van der Waals surface area contributed by atoms with Crippen molar-refractivity contribution >= 4 is 7.48 Å². The molecule has 1 saturated carbocycles. The first-order valence-electron chi connectivity index (χ1n) is 4.60. The summed E-state index contributed by atoms with van der Waals surface area (Å²) in [4.78, 5) is 8.71. The first-order chi connectivity index (χ1) is 5.50. The zero-order valence-electron chi connectivity index (χ0n) is 7.05. The molecule has 11 heavy (non-hydrogen) atoms. The minimum absolute atomic E-state index is 0.722. The molecule has 0 aromatic carbocycles. The third kappa shape index (κ3) is 5.28. The second kappa shape index (κ2) is 6.68. The molecule has 0 aromatic rings. The van der Waals surface area contributed by atoms with E-state index in [2.05, 4.69) is 9.69 Å². The van der Waals surface area contributed by atoms with Gasteiger partial charge in [0, 0.05) is 0 Å². The summed E-state index contributed by atoms with van der Waals surface area (Å²) in [6.07, 6.45) is 9.93. The van der Waals surface area contributed by atoms with Crippen LogP contribution < -0.4 is 0 Å². The Morgan fingerprint density at radius 2 is 1.36 bits per heavy atom. The van der Waals surface area contributed by atoms with Gasteiger partial charge in [0.1, 0.15) is 0 Å². The highest BCUT2D eigenvalue weighted by Crippen LogP contribution is 2.15. The van der Waals surface area contributed by atoms with Gasteiger partial charge >= 0.3 is 7.48 Å². The van der Waals surface area contributed by atoms with Crippen LogP contribution in [0.5, 0.6) is 0 Å². The lowest BCUT2D eigenvalue weighted by Gasteiger charge is -2.05. The molecule has 0 aromatic heterocycles. The second-order valence-corrected chi connectivity index (χ2v) is 2.99. The van der Waals surface area contributed by atoms with Crippen LogP contribution in [0.2, 0.25) is 6.32 Å². The molecule has 2 aliphatic rings. The van der Waals surface area contributed by atoms with Gasteiger partial charge in [-0.15, -0.1) is 0 Å². The summed E-state index contributed by atoms with van der Waals surface area (Å²) < 4.78 is 0. The maximum Gasteiger partial charge on any atom is 0.346 e. The molecule has 0 N–H and O–H groups in total. The standard InChI is InChI=1S/C6H12.C2H4BO2/c1-2-4-6-5-3-1;1-2-4-5-3-1/h1-6H2;1-2H2. The molecule has 1 aliphatic heterocycles. The zero-order chi connectivity index (χ0) is 7.78. The lowest BCUT2D eigenvalue weighted by molar-refractivity contribution is -0.181. The van der Waals surface area contributed by atoms with Gasteiger partial charge < -0.3 is 4.81 Å². The minimum atomic E-state index is 0.722. The van der Waals surface area contributed by atoms with Crippen molar-refractivity contribution in [1.82, 2.24) is 0 Å². The van der Waals surface area contributed by atoms with Crippen LogP contribution in [0.15, 0.2) is 0 Å². The van der Waals surface area contributed by atoms with Gasteiger partial charge in [0.15, 0.2) is 0 Å². The van der Waals surface area contributed by atoms with Crippen molar-refractivity contribution in [3.05, 3.63) is 0 Å². The minimum Gasteiger partial charge on any atom is -0.311 e. The van der Waals surface area contributed by atoms with E-state index in [1.807, 2.05) is 0 Å². The van der Waals surface area contributed by atoms with Crippen molar-refractivity contribution in [1.29, 1.82) is 0 Å². The largest absolute Gasteiger partial charge is 0.346 e. The van der Waals surface area contributed by atoms with Crippen LogP contribution >= 0.6 is 0 Å². The Bertz CT molecular complexity index is 61.0. The molecule has 0 unspecified atom stereocenters. The van der Waals surface area contributed by atoms with Crippen molar-refractivity contribution in [2.24, 2.45) is 0 Å². The van der Waals surface area contributed by atoms with E-state index >= 15 is 0 Å². The topological polar surface area (TPSA) is 18.5 Å². The van der Waals surface area contributed by atoms with Gasteiger partial charge in [-0.05, 0) is 6.32 Å². The smallest absolute Gasteiger partial charge is 0.311 e. The second-order valence-electron chi connectivity index (χ2n) is 2.99. The van der Waals surface area contributed by atoms with Gasteiger partial charge in [0.05, 0.1) is 6.61 Å². The van der Waals surface area contributed by atoms with E-state index in [1.54, 1.807) is 7.48 Å². The highest BCUT2D eigenvalue weighted by Gasteiger charge is 2.00. The molecule has 0 spiro atoms. The highest BCUT2D eigenvalue weighted by molar-refractivity contribution is 6.27. The third-order valence-corrected chi connectivity index (χ3v) is 1.96. The van der Waals surface area contributed by atoms with Crippen LogP contribution in [0.25, 0.3) is 0 Å². The Labute approximate surface area is 69.5 Å². The summed E-state index contributed by atoms with van der Waals surface area (Å²) >= 11 is 0. The molecule has 1 radical (unpaired) electrons. The lowest BCUT2D eigenvalue weighted by atomic mass is 9.99. The summed E-state index contributed by atoms with van der Waals surface area (Å²) in [6.45, 7) is 0.722. The molecular formula is C8H16BO2. The van der Waals surface area contributed by atoms with Crippen molar-refractivity contribution in [2.75, 3.05) is 6.61 Å². The van der Waals surface area contributed by atoms with Crippen molar-refractivity contribution in [3.8, 4) is 0 Å². The Hall–Kier alpha value is -0.0151. The SMILES string of the molecule is C1CCCCC1.[B]1CCOO1. The maximum atomic E-state index is 4.39. The fraction of sp³-hybridized carbons (Fsp3) is 1.00. The summed E-state index contributed by atoms with van der Waals surface area (Å²) in [5.41, 5.74) is 0. The van der Waals surface area contributed by atoms with E-state index in [0.29, 0.717) is 0 Å². The average Bonchev–Trinajstić information content (AvgIpc) is 2.64. The Kier molecular flexibility index (Phi) is 5.51. The fourth-order valence-electron chi connectivity index (χ4n) is 1.30. The zero-order valence-corrected chi connectivity index (χ0v) is 7.05. The van der Waals surface area contributed by atoms with Crippen LogP contribution in [0.1, 0.15) is 38.5 Å². The van der Waals surface area contributed by atoms with Crippen molar-refractivity contribution in [2.45, 2.75) is 44.8 Å². The highest BCUT2D eigenvalue weighted by atomic mass is 17.2. The Morgan fingerprint density at radius 3 is 1.55 bits per heavy atom. The number of rotatable bonds is 0. The Balaban J connectivity index is 0.000000112. The Morgan fingerprint density at radius 1 is 0.818 bits per heavy atom. The van der Waals surface area contributed by atoms with Crippen molar-refractivity contribution in [3.63, 3.8) is 0 Å². The quantitative estimate of drug-likeness (QED) is 0.394. The molecule has 2 nitrogen and oxygen atoms in total. The summed E-state index contributed by atoms with van der Waals surface area (Å²) in [7, 11) is 1.64. The molecule has 0 bridgehead atoms. The molecule has 1 heterocycles. The monoisotopic (exact) mass is 155 g/mol. The van der Waals surface area contributed by atoms with Crippen LogP contribution in [0.3, 0.4) is 0 Å². The van der Waals surface area contributed by atoms with Crippen molar-refractivity contribution < 1.29 is 9.69 Å². The van der Waals surface area contributed by atoms with E-state index in [1.165, 1.54) is 38.5 Å². The van der Waals surface area contributed by atoms with Crippen LogP contribution in [-0.2, 0) is 9.69 Å². The fourth-order valence-corrected chi connectivity index (χ4v) is 1.30. The van der Waals surface area contributed by atoms with Gasteiger partial charge in [-0.2, -0.15) is 0 Å². The molecule has 1 aliphatic carbocycles.